The number of hydrogen-bond acceptors (Lipinski definition) is 5. The van der Waals surface area contributed by atoms with Crippen LogP contribution in [-0.4, -0.2) is 57.4 Å². The molecular formula is C22H27ClN2O4. The molecule has 7 heteroatoms. The molecule has 1 atom stereocenters. The fourth-order valence-corrected chi connectivity index (χ4v) is 3.41. The summed E-state index contributed by atoms with van der Waals surface area (Å²) in [5.41, 5.74) is 2.04. The molecule has 1 aliphatic heterocycles. The molecule has 0 aromatic heterocycles. The van der Waals surface area contributed by atoms with E-state index >= 15 is 0 Å². The fraction of sp³-hybridized carbons (Fsp3) is 0.409. The highest BCUT2D eigenvalue weighted by Gasteiger charge is 2.23. The van der Waals surface area contributed by atoms with Gasteiger partial charge in [-0.15, -0.1) is 0 Å². The summed E-state index contributed by atoms with van der Waals surface area (Å²) in [4.78, 5) is 14.7. The topological polar surface area (TPSA) is 60.0 Å². The molecule has 0 spiro atoms. The lowest BCUT2D eigenvalue weighted by molar-refractivity contribution is -0.123. The highest BCUT2D eigenvalue weighted by atomic mass is 35.5. The van der Waals surface area contributed by atoms with E-state index in [1.807, 2.05) is 37.3 Å². The van der Waals surface area contributed by atoms with Crippen LogP contribution in [0.25, 0.3) is 0 Å². The molecule has 1 aliphatic rings. The average molecular weight is 419 g/mol. The third-order valence-electron chi connectivity index (χ3n) is 4.98. The summed E-state index contributed by atoms with van der Waals surface area (Å²) in [5.74, 6) is 1.27. The van der Waals surface area contributed by atoms with E-state index in [1.165, 1.54) is 0 Å². The van der Waals surface area contributed by atoms with E-state index in [0.29, 0.717) is 30.5 Å². The Morgan fingerprint density at radius 2 is 1.86 bits per heavy atom. The second-order valence-corrected chi connectivity index (χ2v) is 7.35. The number of nitrogens with one attached hydrogen (secondary N) is 1. The molecule has 2 aromatic rings. The maximum absolute atomic E-state index is 12.4. The van der Waals surface area contributed by atoms with Gasteiger partial charge in [-0.05, 0) is 48.4 Å². The Morgan fingerprint density at radius 3 is 2.52 bits per heavy atom. The van der Waals surface area contributed by atoms with Crippen molar-refractivity contribution in [1.82, 2.24) is 10.2 Å². The molecule has 1 amide bonds. The highest BCUT2D eigenvalue weighted by Crippen LogP contribution is 2.24. The summed E-state index contributed by atoms with van der Waals surface area (Å²) in [7, 11) is 1.65. The van der Waals surface area contributed by atoms with Gasteiger partial charge in [0.05, 0.1) is 26.4 Å². The van der Waals surface area contributed by atoms with Gasteiger partial charge in [0.2, 0.25) is 0 Å². The lowest BCUT2D eigenvalue weighted by Gasteiger charge is -2.35. The van der Waals surface area contributed by atoms with Crippen LogP contribution in [0.15, 0.2) is 42.5 Å². The second kappa shape index (κ2) is 10.5. The Balaban J connectivity index is 1.59. The van der Waals surface area contributed by atoms with Crippen LogP contribution in [0.4, 0.5) is 0 Å². The lowest BCUT2D eigenvalue weighted by atomic mass is 10.0. The van der Waals surface area contributed by atoms with Gasteiger partial charge in [0.25, 0.3) is 5.91 Å². The summed E-state index contributed by atoms with van der Waals surface area (Å²) >= 11 is 6.02. The van der Waals surface area contributed by atoms with Crippen molar-refractivity contribution >= 4 is 17.5 Å². The summed E-state index contributed by atoms with van der Waals surface area (Å²) in [6.45, 7) is 5.39. The Kier molecular flexibility index (Phi) is 7.75. The van der Waals surface area contributed by atoms with Gasteiger partial charge < -0.3 is 19.5 Å². The zero-order chi connectivity index (χ0) is 20.6. The van der Waals surface area contributed by atoms with E-state index in [9.17, 15) is 4.79 Å². The number of hydrogen-bond donors (Lipinski definition) is 1. The van der Waals surface area contributed by atoms with E-state index in [1.54, 1.807) is 19.2 Å². The van der Waals surface area contributed by atoms with Gasteiger partial charge in [0, 0.05) is 24.7 Å². The molecule has 0 aliphatic carbocycles. The standard InChI is InChI=1S/C22H27ClN2O4/c1-16-13-19(7-8-20(16)23)29-15-22(26)24-14-21(25-9-11-28-12-10-25)17-3-5-18(27-2)6-4-17/h3-8,13,21H,9-12,14-15H2,1-2H3,(H,24,26)/t21-/m1/s1. The Morgan fingerprint density at radius 1 is 1.17 bits per heavy atom. The van der Waals surface area contributed by atoms with Crippen molar-refractivity contribution in [2.75, 3.05) is 46.6 Å². The van der Waals surface area contributed by atoms with E-state index in [4.69, 9.17) is 25.8 Å². The van der Waals surface area contributed by atoms with Crippen LogP contribution < -0.4 is 14.8 Å². The number of amides is 1. The number of halogens is 1. The minimum absolute atomic E-state index is 0.0421. The molecule has 0 radical (unpaired) electrons. The van der Waals surface area contributed by atoms with Crippen molar-refractivity contribution in [2.45, 2.75) is 13.0 Å². The van der Waals surface area contributed by atoms with Gasteiger partial charge in [0.1, 0.15) is 11.5 Å². The second-order valence-electron chi connectivity index (χ2n) is 6.94. The number of carbonyl (C=O) groups excluding carboxylic acids is 1. The molecule has 2 aromatic carbocycles. The van der Waals surface area contributed by atoms with Crippen LogP contribution in [0.2, 0.25) is 5.02 Å². The first-order chi connectivity index (χ1) is 14.1. The fourth-order valence-electron chi connectivity index (χ4n) is 3.29. The van der Waals surface area contributed by atoms with Gasteiger partial charge >= 0.3 is 0 Å². The summed E-state index contributed by atoms with van der Waals surface area (Å²) in [6, 6.07) is 13.4. The number of benzene rings is 2. The van der Waals surface area contributed by atoms with Gasteiger partial charge in [0.15, 0.2) is 6.61 Å². The predicted molar refractivity (Wildman–Crippen MR) is 113 cm³/mol. The number of methoxy groups -OCH3 is 1. The third kappa shape index (κ3) is 6.10. The summed E-state index contributed by atoms with van der Waals surface area (Å²) in [5, 5.41) is 3.68. The van der Waals surface area contributed by atoms with Gasteiger partial charge in [-0.25, -0.2) is 0 Å². The van der Waals surface area contributed by atoms with Crippen molar-refractivity contribution in [3.05, 3.63) is 58.6 Å². The molecule has 1 fully saturated rings. The van der Waals surface area contributed by atoms with E-state index in [2.05, 4.69) is 10.2 Å². The first-order valence-corrected chi connectivity index (χ1v) is 10.1. The van der Waals surface area contributed by atoms with Crippen LogP contribution in [0.5, 0.6) is 11.5 Å². The number of carbonyl (C=O) groups is 1. The zero-order valence-corrected chi connectivity index (χ0v) is 17.6. The molecule has 1 N–H and O–H groups in total. The molecule has 3 rings (SSSR count). The average Bonchev–Trinajstić information content (AvgIpc) is 2.76. The number of nitrogens with zero attached hydrogens (tertiary/aromatic N) is 1. The quantitative estimate of drug-likeness (QED) is 0.713. The van der Waals surface area contributed by atoms with Crippen molar-refractivity contribution in [1.29, 1.82) is 0 Å². The molecule has 29 heavy (non-hydrogen) atoms. The van der Waals surface area contributed by atoms with Crippen LogP contribution in [0, 0.1) is 6.92 Å². The normalized spacial score (nSPS) is 15.6. The van der Waals surface area contributed by atoms with Crippen LogP contribution in [-0.2, 0) is 9.53 Å². The minimum Gasteiger partial charge on any atom is -0.497 e. The summed E-state index contributed by atoms with van der Waals surface area (Å²) < 4.78 is 16.3. The molecular weight excluding hydrogens is 392 g/mol. The van der Waals surface area contributed by atoms with Crippen molar-refractivity contribution in [3.8, 4) is 11.5 Å². The lowest BCUT2D eigenvalue weighted by Crippen LogP contribution is -2.44. The molecule has 1 heterocycles. The Labute approximate surface area is 176 Å². The predicted octanol–water partition coefficient (Wildman–Crippen LogP) is 3.23. The van der Waals surface area contributed by atoms with Crippen LogP contribution in [0.1, 0.15) is 17.2 Å². The zero-order valence-electron chi connectivity index (χ0n) is 16.8. The molecule has 0 unspecified atom stereocenters. The first kappa shape index (κ1) is 21.4. The maximum Gasteiger partial charge on any atom is 0.258 e. The largest absolute Gasteiger partial charge is 0.497 e. The minimum atomic E-state index is -0.163. The monoisotopic (exact) mass is 418 g/mol. The van der Waals surface area contributed by atoms with E-state index < -0.39 is 0 Å². The number of rotatable bonds is 8. The number of ether oxygens (including phenoxy) is 3. The first-order valence-electron chi connectivity index (χ1n) is 9.68. The van der Waals surface area contributed by atoms with Crippen LogP contribution in [0.3, 0.4) is 0 Å². The summed E-state index contributed by atoms with van der Waals surface area (Å²) in [6.07, 6.45) is 0. The molecule has 1 saturated heterocycles. The highest BCUT2D eigenvalue weighted by molar-refractivity contribution is 6.31. The van der Waals surface area contributed by atoms with E-state index in [0.717, 1.165) is 30.0 Å². The molecule has 6 nitrogen and oxygen atoms in total. The van der Waals surface area contributed by atoms with Crippen LogP contribution >= 0.6 is 11.6 Å². The smallest absolute Gasteiger partial charge is 0.258 e. The van der Waals surface area contributed by atoms with Crippen molar-refractivity contribution < 1.29 is 19.0 Å². The van der Waals surface area contributed by atoms with Gasteiger partial charge in [-0.1, -0.05) is 23.7 Å². The number of aryl methyl sites for hydroxylation is 1. The van der Waals surface area contributed by atoms with Crippen molar-refractivity contribution in [3.63, 3.8) is 0 Å². The molecule has 0 saturated carbocycles. The molecule has 156 valence electrons. The Hall–Kier alpha value is -2.28. The SMILES string of the molecule is COc1ccc([C@@H](CNC(=O)COc2ccc(Cl)c(C)c2)N2CCOCC2)cc1. The van der Waals surface area contributed by atoms with Crippen molar-refractivity contribution in [2.24, 2.45) is 0 Å². The van der Waals surface area contributed by atoms with Gasteiger partial charge in [-0.3, -0.25) is 9.69 Å². The van der Waals surface area contributed by atoms with Gasteiger partial charge in [-0.2, -0.15) is 0 Å². The van der Waals surface area contributed by atoms with E-state index in [-0.39, 0.29) is 18.6 Å². The molecule has 0 bridgehead atoms. The number of morpholine rings is 1. The third-order valence-corrected chi connectivity index (χ3v) is 5.40. The Bertz CT molecular complexity index is 807. The maximum atomic E-state index is 12.4.